The zero-order valence-corrected chi connectivity index (χ0v) is 11.4. The van der Waals surface area contributed by atoms with Gasteiger partial charge in [-0.3, -0.25) is 0 Å². The average Bonchev–Trinajstić information content (AvgIpc) is 2.30. The van der Waals surface area contributed by atoms with Gasteiger partial charge in [-0.1, -0.05) is 38.1 Å². The summed E-state index contributed by atoms with van der Waals surface area (Å²) in [5, 5.41) is 6.92. The first kappa shape index (κ1) is 14.2. The molecule has 2 heteroatoms. The third-order valence-electron chi connectivity index (χ3n) is 2.92. The molecule has 0 aliphatic heterocycles. The number of aryl methyl sites for hydroxylation is 1. The van der Waals surface area contributed by atoms with Crippen molar-refractivity contribution in [3.63, 3.8) is 0 Å². The average molecular weight is 234 g/mol. The van der Waals surface area contributed by atoms with Crippen LogP contribution in [0.15, 0.2) is 24.3 Å². The Hall–Kier alpha value is -0.860. The predicted octanol–water partition coefficient (Wildman–Crippen LogP) is 2.52. The highest BCUT2D eigenvalue weighted by Crippen LogP contribution is 2.06. The molecule has 0 amide bonds. The maximum Gasteiger partial charge on any atom is 0.00103 e. The summed E-state index contributed by atoms with van der Waals surface area (Å²) in [6.45, 7) is 9.84. The summed E-state index contributed by atoms with van der Waals surface area (Å²) in [7, 11) is 0. The molecular weight excluding hydrogens is 208 g/mol. The minimum atomic E-state index is 0.599. The summed E-state index contributed by atoms with van der Waals surface area (Å²) < 4.78 is 0. The molecule has 17 heavy (non-hydrogen) atoms. The monoisotopic (exact) mass is 234 g/mol. The summed E-state index contributed by atoms with van der Waals surface area (Å²) in [6, 6.07) is 9.22. The van der Waals surface area contributed by atoms with Crippen molar-refractivity contribution >= 4 is 0 Å². The largest absolute Gasteiger partial charge is 0.316 e. The fourth-order valence-electron chi connectivity index (χ4n) is 1.84. The van der Waals surface area contributed by atoms with Crippen LogP contribution < -0.4 is 10.6 Å². The standard InChI is InChI=1S/C15H26N2/c1-13(2)17-11-6-10-16-12-9-15-8-5-4-7-14(15)3/h4-5,7-8,13,16-17H,6,9-12H2,1-3H3. The van der Waals surface area contributed by atoms with Gasteiger partial charge in [0, 0.05) is 6.04 Å². The van der Waals surface area contributed by atoms with E-state index in [-0.39, 0.29) is 0 Å². The van der Waals surface area contributed by atoms with E-state index in [1.165, 1.54) is 17.5 Å². The number of benzene rings is 1. The maximum absolute atomic E-state index is 3.49. The first-order chi connectivity index (χ1) is 8.20. The van der Waals surface area contributed by atoms with E-state index in [4.69, 9.17) is 0 Å². The minimum Gasteiger partial charge on any atom is -0.316 e. The molecule has 2 nitrogen and oxygen atoms in total. The Kier molecular flexibility index (Phi) is 6.90. The second-order valence-electron chi connectivity index (χ2n) is 4.89. The van der Waals surface area contributed by atoms with E-state index in [9.17, 15) is 0 Å². The highest BCUT2D eigenvalue weighted by Gasteiger charge is 1.96. The van der Waals surface area contributed by atoms with Crippen LogP contribution in [0, 0.1) is 6.92 Å². The lowest BCUT2D eigenvalue weighted by atomic mass is 10.1. The molecule has 0 unspecified atom stereocenters. The van der Waals surface area contributed by atoms with Crippen LogP contribution >= 0.6 is 0 Å². The van der Waals surface area contributed by atoms with Crippen molar-refractivity contribution < 1.29 is 0 Å². The van der Waals surface area contributed by atoms with Crippen LogP contribution in [0.3, 0.4) is 0 Å². The fraction of sp³-hybridized carbons (Fsp3) is 0.600. The quantitative estimate of drug-likeness (QED) is 0.675. The lowest BCUT2D eigenvalue weighted by molar-refractivity contribution is 0.548. The second-order valence-corrected chi connectivity index (χ2v) is 4.89. The van der Waals surface area contributed by atoms with Crippen LogP contribution in [-0.2, 0) is 6.42 Å². The summed E-state index contributed by atoms with van der Waals surface area (Å²) in [5.74, 6) is 0. The van der Waals surface area contributed by atoms with E-state index in [2.05, 4.69) is 55.7 Å². The Labute approximate surface area is 106 Å². The van der Waals surface area contributed by atoms with E-state index in [0.717, 1.165) is 26.1 Å². The zero-order chi connectivity index (χ0) is 12.5. The highest BCUT2D eigenvalue weighted by atomic mass is 14.9. The van der Waals surface area contributed by atoms with E-state index in [1.807, 2.05) is 0 Å². The van der Waals surface area contributed by atoms with Gasteiger partial charge < -0.3 is 10.6 Å². The molecule has 0 fully saturated rings. The third-order valence-corrected chi connectivity index (χ3v) is 2.92. The lowest BCUT2D eigenvalue weighted by Crippen LogP contribution is -2.27. The first-order valence-electron chi connectivity index (χ1n) is 6.68. The number of rotatable bonds is 8. The van der Waals surface area contributed by atoms with Crippen molar-refractivity contribution in [2.45, 2.75) is 39.7 Å². The van der Waals surface area contributed by atoms with Gasteiger partial charge in [0.25, 0.3) is 0 Å². The molecule has 0 saturated carbocycles. The number of nitrogens with one attached hydrogen (secondary N) is 2. The van der Waals surface area contributed by atoms with E-state index in [1.54, 1.807) is 0 Å². The van der Waals surface area contributed by atoms with Crippen LogP contribution in [0.5, 0.6) is 0 Å². The van der Waals surface area contributed by atoms with Crippen LogP contribution in [0.25, 0.3) is 0 Å². The second kappa shape index (κ2) is 8.26. The molecule has 1 aromatic rings. The van der Waals surface area contributed by atoms with E-state index >= 15 is 0 Å². The SMILES string of the molecule is Cc1ccccc1CCNCCCNC(C)C. The highest BCUT2D eigenvalue weighted by molar-refractivity contribution is 5.25. The van der Waals surface area contributed by atoms with Crippen molar-refractivity contribution in [3.8, 4) is 0 Å². The normalized spacial score (nSPS) is 11.1. The van der Waals surface area contributed by atoms with Gasteiger partial charge in [-0.15, -0.1) is 0 Å². The molecule has 0 aliphatic carbocycles. The van der Waals surface area contributed by atoms with Crippen LogP contribution in [-0.4, -0.2) is 25.7 Å². The van der Waals surface area contributed by atoms with Gasteiger partial charge in [0.2, 0.25) is 0 Å². The van der Waals surface area contributed by atoms with Gasteiger partial charge in [-0.05, 0) is 50.5 Å². The predicted molar refractivity (Wildman–Crippen MR) is 75.5 cm³/mol. The first-order valence-corrected chi connectivity index (χ1v) is 6.68. The molecule has 0 aliphatic rings. The van der Waals surface area contributed by atoms with Crippen LogP contribution in [0.4, 0.5) is 0 Å². The van der Waals surface area contributed by atoms with Gasteiger partial charge in [-0.2, -0.15) is 0 Å². The van der Waals surface area contributed by atoms with Crippen molar-refractivity contribution in [3.05, 3.63) is 35.4 Å². The van der Waals surface area contributed by atoms with E-state index in [0.29, 0.717) is 6.04 Å². The third kappa shape index (κ3) is 6.44. The topological polar surface area (TPSA) is 24.1 Å². The Morgan fingerprint density at radius 1 is 1.06 bits per heavy atom. The van der Waals surface area contributed by atoms with Gasteiger partial charge in [-0.25, -0.2) is 0 Å². The van der Waals surface area contributed by atoms with Gasteiger partial charge in [0.1, 0.15) is 0 Å². The van der Waals surface area contributed by atoms with Gasteiger partial charge in [0.05, 0.1) is 0 Å². The summed E-state index contributed by atoms with van der Waals surface area (Å²) >= 11 is 0. The maximum atomic E-state index is 3.49. The molecule has 96 valence electrons. The molecule has 0 heterocycles. The van der Waals surface area contributed by atoms with E-state index < -0.39 is 0 Å². The zero-order valence-electron chi connectivity index (χ0n) is 11.4. The van der Waals surface area contributed by atoms with Crippen LogP contribution in [0.2, 0.25) is 0 Å². The molecule has 2 N–H and O–H groups in total. The molecule has 0 radical (unpaired) electrons. The Morgan fingerprint density at radius 3 is 2.53 bits per heavy atom. The number of hydrogen-bond acceptors (Lipinski definition) is 2. The van der Waals surface area contributed by atoms with Crippen molar-refractivity contribution in [1.82, 2.24) is 10.6 Å². The van der Waals surface area contributed by atoms with Crippen molar-refractivity contribution in [1.29, 1.82) is 0 Å². The molecule has 0 spiro atoms. The summed E-state index contributed by atoms with van der Waals surface area (Å²) in [6.07, 6.45) is 2.33. The fourth-order valence-corrected chi connectivity index (χ4v) is 1.84. The molecule has 0 bridgehead atoms. The molecule has 1 aromatic carbocycles. The van der Waals surface area contributed by atoms with Crippen LogP contribution in [0.1, 0.15) is 31.4 Å². The minimum absolute atomic E-state index is 0.599. The molecule has 1 rings (SSSR count). The molecular formula is C15H26N2. The Bertz CT molecular complexity index is 308. The van der Waals surface area contributed by atoms with Crippen molar-refractivity contribution in [2.24, 2.45) is 0 Å². The lowest BCUT2D eigenvalue weighted by Gasteiger charge is -2.09. The van der Waals surface area contributed by atoms with Crippen molar-refractivity contribution in [2.75, 3.05) is 19.6 Å². The summed E-state index contributed by atoms with van der Waals surface area (Å²) in [4.78, 5) is 0. The smallest absolute Gasteiger partial charge is 0.00103 e. The molecule has 0 aromatic heterocycles. The van der Waals surface area contributed by atoms with Gasteiger partial charge in [0.15, 0.2) is 0 Å². The Morgan fingerprint density at radius 2 is 1.82 bits per heavy atom. The molecule has 0 atom stereocenters. The Balaban J connectivity index is 2.03. The number of hydrogen-bond donors (Lipinski definition) is 2. The summed E-state index contributed by atoms with van der Waals surface area (Å²) in [5.41, 5.74) is 2.86. The molecule has 0 saturated heterocycles. The van der Waals surface area contributed by atoms with Gasteiger partial charge >= 0.3 is 0 Å².